The first kappa shape index (κ1) is 14.5. The van der Waals surface area contributed by atoms with Gasteiger partial charge in [0, 0.05) is 11.0 Å². The molecule has 17 heavy (non-hydrogen) atoms. The van der Waals surface area contributed by atoms with Gasteiger partial charge in [-0.2, -0.15) is 0 Å². The van der Waals surface area contributed by atoms with E-state index in [9.17, 15) is 8.78 Å². The Morgan fingerprint density at radius 1 is 1.35 bits per heavy atom. The van der Waals surface area contributed by atoms with Crippen molar-refractivity contribution in [1.82, 2.24) is 5.32 Å². The van der Waals surface area contributed by atoms with Crippen LogP contribution in [0.15, 0.2) is 28.7 Å². The number of rotatable bonds is 7. The van der Waals surface area contributed by atoms with Crippen LogP contribution in [0.4, 0.5) is 8.78 Å². The lowest BCUT2D eigenvalue weighted by Gasteiger charge is -2.19. The van der Waals surface area contributed by atoms with Gasteiger partial charge in [-0.15, -0.1) is 0 Å². The third-order valence-corrected chi connectivity index (χ3v) is 2.98. The van der Waals surface area contributed by atoms with Gasteiger partial charge in [0.05, 0.1) is 6.10 Å². The van der Waals surface area contributed by atoms with Crippen LogP contribution in [0.2, 0.25) is 0 Å². The molecule has 2 nitrogen and oxygen atoms in total. The van der Waals surface area contributed by atoms with Gasteiger partial charge in [0.25, 0.3) is 6.43 Å². The summed E-state index contributed by atoms with van der Waals surface area (Å²) in [5.41, 5.74) is 0.883. The first-order valence-electron chi connectivity index (χ1n) is 5.50. The highest BCUT2D eigenvalue weighted by molar-refractivity contribution is 9.10. The molecule has 0 aliphatic carbocycles. The van der Waals surface area contributed by atoms with Gasteiger partial charge >= 0.3 is 0 Å². The summed E-state index contributed by atoms with van der Waals surface area (Å²) in [4.78, 5) is 0. The minimum Gasteiger partial charge on any atom is -0.366 e. The zero-order valence-electron chi connectivity index (χ0n) is 9.63. The third-order valence-electron chi connectivity index (χ3n) is 2.26. The van der Waals surface area contributed by atoms with Gasteiger partial charge in [0.2, 0.25) is 0 Å². The fraction of sp³-hybridized carbons (Fsp3) is 0.500. The molecular weight excluding hydrogens is 292 g/mol. The zero-order chi connectivity index (χ0) is 12.7. The number of hydrogen-bond acceptors (Lipinski definition) is 2. The van der Waals surface area contributed by atoms with E-state index in [0.717, 1.165) is 16.6 Å². The molecule has 1 N–H and O–H groups in total. The highest BCUT2D eigenvalue weighted by atomic mass is 79.9. The molecule has 0 heterocycles. The Bertz CT molecular complexity index is 336. The SMILES string of the molecule is CCNCC(OCC(F)F)c1ccccc1Br. The number of benzene rings is 1. The maximum Gasteiger partial charge on any atom is 0.261 e. The quantitative estimate of drug-likeness (QED) is 0.834. The Morgan fingerprint density at radius 2 is 2.06 bits per heavy atom. The third kappa shape index (κ3) is 5.10. The molecule has 1 unspecified atom stereocenters. The summed E-state index contributed by atoms with van der Waals surface area (Å²) in [6, 6.07) is 7.49. The van der Waals surface area contributed by atoms with E-state index in [1.807, 2.05) is 31.2 Å². The van der Waals surface area contributed by atoms with Gasteiger partial charge in [0.15, 0.2) is 0 Å². The second-order valence-corrected chi connectivity index (χ2v) is 4.40. The molecule has 0 saturated carbocycles. The Balaban J connectivity index is 2.71. The molecule has 1 rings (SSSR count). The topological polar surface area (TPSA) is 21.3 Å². The normalized spacial score (nSPS) is 13.0. The van der Waals surface area contributed by atoms with Gasteiger partial charge in [0.1, 0.15) is 6.61 Å². The largest absolute Gasteiger partial charge is 0.366 e. The monoisotopic (exact) mass is 307 g/mol. The van der Waals surface area contributed by atoms with Crippen LogP contribution < -0.4 is 5.32 Å². The van der Waals surface area contributed by atoms with Crippen LogP contribution in [0.5, 0.6) is 0 Å². The summed E-state index contributed by atoms with van der Waals surface area (Å²) in [6.07, 6.45) is -2.80. The van der Waals surface area contributed by atoms with Crippen molar-refractivity contribution >= 4 is 15.9 Å². The van der Waals surface area contributed by atoms with Crippen molar-refractivity contribution in [3.8, 4) is 0 Å². The van der Waals surface area contributed by atoms with Crippen molar-refractivity contribution < 1.29 is 13.5 Å². The number of alkyl halides is 2. The average molecular weight is 308 g/mol. The standard InChI is InChI=1S/C12H16BrF2NO/c1-2-16-7-11(17-8-12(14)15)9-5-3-4-6-10(9)13/h3-6,11-12,16H,2,7-8H2,1H3. The number of ether oxygens (including phenoxy) is 1. The molecule has 1 atom stereocenters. The van der Waals surface area contributed by atoms with Crippen LogP contribution in [-0.4, -0.2) is 26.1 Å². The summed E-state index contributed by atoms with van der Waals surface area (Å²) < 4.78 is 30.5. The fourth-order valence-electron chi connectivity index (χ4n) is 1.46. The Hall–Kier alpha value is -0.520. The molecule has 0 aliphatic rings. The molecular formula is C12H16BrF2NO. The Kier molecular flexibility index (Phi) is 6.62. The predicted molar refractivity (Wildman–Crippen MR) is 67.4 cm³/mol. The molecule has 96 valence electrons. The molecule has 5 heteroatoms. The van der Waals surface area contributed by atoms with Crippen molar-refractivity contribution in [2.45, 2.75) is 19.5 Å². The van der Waals surface area contributed by atoms with E-state index < -0.39 is 13.0 Å². The van der Waals surface area contributed by atoms with Crippen molar-refractivity contribution in [3.05, 3.63) is 34.3 Å². The molecule has 1 aromatic carbocycles. The van der Waals surface area contributed by atoms with Crippen LogP contribution >= 0.6 is 15.9 Å². The number of likely N-dealkylation sites (N-methyl/N-ethyl adjacent to an activating group) is 1. The summed E-state index contributed by atoms with van der Waals surface area (Å²) in [5.74, 6) is 0. The molecule has 0 fully saturated rings. The van der Waals surface area contributed by atoms with Gasteiger partial charge in [-0.3, -0.25) is 0 Å². The van der Waals surface area contributed by atoms with Gasteiger partial charge in [-0.25, -0.2) is 8.78 Å². The lowest BCUT2D eigenvalue weighted by molar-refractivity contribution is -0.0247. The van der Waals surface area contributed by atoms with Crippen LogP contribution in [0, 0.1) is 0 Å². The van der Waals surface area contributed by atoms with E-state index in [4.69, 9.17) is 4.74 Å². The first-order chi connectivity index (χ1) is 8.15. The first-order valence-corrected chi connectivity index (χ1v) is 6.29. The highest BCUT2D eigenvalue weighted by Gasteiger charge is 2.16. The second kappa shape index (κ2) is 7.74. The van der Waals surface area contributed by atoms with Crippen LogP contribution in [0.1, 0.15) is 18.6 Å². The van der Waals surface area contributed by atoms with Crippen molar-refractivity contribution in [2.75, 3.05) is 19.7 Å². The minimum absolute atomic E-state index is 0.362. The average Bonchev–Trinajstić information content (AvgIpc) is 2.30. The summed E-state index contributed by atoms with van der Waals surface area (Å²) >= 11 is 3.40. The molecule has 0 bridgehead atoms. The second-order valence-electron chi connectivity index (χ2n) is 3.54. The molecule has 0 aromatic heterocycles. The number of nitrogens with one attached hydrogen (secondary N) is 1. The summed E-state index contributed by atoms with van der Waals surface area (Å²) in [5, 5.41) is 3.11. The number of halogens is 3. The van der Waals surface area contributed by atoms with Crippen LogP contribution in [0.25, 0.3) is 0 Å². The van der Waals surface area contributed by atoms with Crippen LogP contribution in [0.3, 0.4) is 0 Å². The van der Waals surface area contributed by atoms with Gasteiger partial charge < -0.3 is 10.1 Å². The molecule has 1 aromatic rings. The van der Waals surface area contributed by atoms with E-state index in [2.05, 4.69) is 21.2 Å². The van der Waals surface area contributed by atoms with Crippen molar-refractivity contribution in [1.29, 1.82) is 0 Å². The maximum absolute atomic E-state index is 12.2. The lowest BCUT2D eigenvalue weighted by Crippen LogP contribution is -2.24. The fourth-order valence-corrected chi connectivity index (χ4v) is 2.00. The molecule has 0 aliphatic heterocycles. The molecule has 0 saturated heterocycles. The molecule has 0 amide bonds. The van der Waals surface area contributed by atoms with Crippen molar-refractivity contribution in [3.63, 3.8) is 0 Å². The van der Waals surface area contributed by atoms with Crippen LogP contribution in [-0.2, 0) is 4.74 Å². The van der Waals surface area contributed by atoms with E-state index in [1.165, 1.54) is 0 Å². The van der Waals surface area contributed by atoms with Gasteiger partial charge in [-0.1, -0.05) is 41.1 Å². The van der Waals surface area contributed by atoms with E-state index in [-0.39, 0.29) is 6.10 Å². The lowest BCUT2D eigenvalue weighted by atomic mass is 10.1. The van der Waals surface area contributed by atoms with E-state index >= 15 is 0 Å². The Labute approximate surface area is 108 Å². The smallest absolute Gasteiger partial charge is 0.261 e. The van der Waals surface area contributed by atoms with E-state index in [1.54, 1.807) is 0 Å². The predicted octanol–water partition coefficient (Wildman–Crippen LogP) is 3.38. The highest BCUT2D eigenvalue weighted by Crippen LogP contribution is 2.25. The molecule has 0 spiro atoms. The van der Waals surface area contributed by atoms with Gasteiger partial charge in [-0.05, 0) is 18.2 Å². The summed E-state index contributed by atoms with van der Waals surface area (Å²) in [6.45, 7) is 2.71. The maximum atomic E-state index is 12.2. The number of hydrogen-bond donors (Lipinski definition) is 1. The summed E-state index contributed by atoms with van der Waals surface area (Å²) in [7, 11) is 0. The zero-order valence-corrected chi connectivity index (χ0v) is 11.2. The van der Waals surface area contributed by atoms with Crippen molar-refractivity contribution in [2.24, 2.45) is 0 Å². The molecule has 0 radical (unpaired) electrons. The van der Waals surface area contributed by atoms with E-state index in [0.29, 0.717) is 6.54 Å². The Morgan fingerprint density at radius 3 is 2.65 bits per heavy atom. The minimum atomic E-state index is -2.44.